The fraction of sp³-hybridized carbons (Fsp3) is 0.200. The molecular weight excluding hydrogens is 276 g/mol. The quantitative estimate of drug-likeness (QED) is 0.908. The van der Waals surface area contributed by atoms with E-state index in [9.17, 15) is 13.6 Å². The number of hydrogen-bond donors (Lipinski definition) is 2. The molecule has 110 valence electrons. The summed E-state index contributed by atoms with van der Waals surface area (Å²) in [6.45, 7) is 4.13. The zero-order valence-corrected chi connectivity index (χ0v) is 11.7. The summed E-state index contributed by atoms with van der Waals surface area (Å²) in [6.07, 6.45) is 1.50. The molecule has 1 aromatic heterocycles. The second kappa shape index (κ2) is 6.30. The molecule has 1 aromatic carbocycles. The molecule has 0 bridgehead atoms. The molecule has 0 radical (unpaired) electrons. The Morgan fingerprint density at radius 1 is 1.24 bits per heavy atom. The van der Waals surface area contributed by atoms with Gasteiger partial charge < -0.3 is 10.6 Å². The van der Waals surface area contributed by atoms with E-state index in [2.05, 4.69) is 15.6 Å². The number of nitrogens with zero attached hydrogens (tertiary/aromatic N) is 1. The number of amides is 1. The van der Waals surface area contributed by atoms with Gasteiger partial charge in [-0.15, -0.1) is 0 Å². The molecule has 1 amide bonds. The van der Waals surface area contributed by atoms with Crippen LogP contribution in [0.2, 0.25) is 0 Å². The van der Waals surface area contributed by atoms with Crippen LogP contribution in [0.5, 0.6) is 0 Å². The molecule has 2 rings (SSSR count). The average Bonchev–Trinajstić information content (AvgIpc) is 2.46. The van der Waals surface area contributed by atoms with Crippen molar-refractivity contribution in [1.29, 1.82) is 0 Å². The molecule has 21 heavy (non-hydrogen) atoms. The first-order valence-corrected chi connectivity index (χ1v) is 6.48. The van der Waals surface area contributed by atoms with Gasteiger partial charge in [0, 0.05) is 12.6 Å². The molecule has 0 atom stereocenters. The molecule has 0 fully saturated rings. The number of carbonyl (C=O) groups excluding carboxylic acids is 1. The van der Waals surface area contributed by atoms with Crippen LogP contribution in [0.3, 0.4) is 0 Å². The zero-order chi connectivity index (χ0) is 15.4. The molecule has 4 nitrogen and oxygen atoms in total. The molecular formula is C15H15F2N3O. The Bertz CT molecular complexity index is 657. The van der Waals surface area contributed by atoms with Crippen molar-refractivity contribution in [2.24, 2.45) is 0 Å². The molecule has 0 unspecified atom stereocenters. The van der Waals surface area contributed by atoms with E-state index in [4.69, 9.17) is 0 Å². The predicted molar refractivity (Wildman–Crippen MR) is 77.4 cm³/mol. The van der Waals surface area contributed by atoms with Gasteiger partial charge in [-0.2, -0.15) is 0 Å². The molecule has 0 aliphatic rings. The van der Waals surface area contributed by atoms with Crippen LogP contribution in [0.15, 0.2) is 30.5 Å². The van der Waals surface area contributed by atoms with E-state index in [0.717, 1.165) is 24.4 Å². The van der Waals surface area contributed by atoms with Gasteiger partial charge in [0.05, 0.1) is 17.6 Å². The summed E-state index contributed by atoms with van der Waals surface area (Å²) in [5.74, 6) is -1.87. The predicted octanol–water partition coefficient (Wildman–Crippen LogP) is 3.35. The van der Waals surface area contributed by atoms with Gasteiger partial charge in [0.1, 0.15) is 17.3 Å². The lowest BCUT2D eigenvalue weighted by atomic mass is 10.2. The topological polar surface area (TPSA) is 54.0 Å². The van der Waals surface area contributed by atoms with Crippen molar-refractivity contribution in [3.63, 3.8) is 0 Å². The van der Waals surface area contributed by atoms with Crippen LogP contribution in [0.1, 0.15) is 23.0 Å². The Balaban J connectivity index is 2.16. The third-order valence-electron chi connectivity index (χ3n) is 2.87. The number of aromatic nitrogens is 1. The van der Waals surface area contributed by atoms with Crippen LogP contribution in [0.4, 0.5) is 20.2 Å². The van der Waals surface area contributed by atoms with E-state index in [1.165, 1.54) is 19.2 Å². The maximum atomic E-state index is 13.7. The lowest BCUT2D eigenvalue weighted by molar-refractivity contribution is 0.102. The van der Waals surface area contributed by atoms with E-state index in [-0.39, 0.29) is 16.9 Å². The van der Waals surface area contributed by atoms with Crippen molar-refractivity contribution in [3.8, 4) is 0 Å². The first kappa shape index (κ1) is 14.9. The highest BCUT2D eigenvalue weighted by Gasteiger charge is 2.12. The third kappa shape index (κ3) is 3.53. The minimum atomic E-state index is -0.688. The Kier molecular flexibility index (Phi) is 4.47. The van der Waals surface area contributed by atoms with E-state index >= 15 is 0 Å². The maximum Gasteiger partial charge on any atom is 0.274 e. The number of rotatable bonds is 4. The minimum absolute atomic E-state index is 0.122. The average molecular weight is 291 g/mol. The van der Waals surface area contributed by atoms with Crippen molar-refractivity contribution in [3.05, 3.63) is 53.4 Å². The Morgan fingerprint density at radius 3 is 2.62 bits per heavy atom. The summed E-state index contributed by atoms with van der Waals surface area (Å²) in [4.78, 5) is 15.9. The van der Waals surface area contributed by atoms with Crippen molar-refractivity contribution in [2.75, 3.05) is 17.2 Å². The largest absolute Gasteiger partial charge is 0.384 e. The minimum Gasteiger partial charge on any atom is -0.384 e. The normalized spacial score (nSPS) is 10.3. The lowest BCUT2D eigenvalue weighted by Crippen LogP contribution is -2.15. The van der Waals surface area contributed by atoms with Crippen LogP contribution >= 0.6 is 0 Å². The summed E-state index contributed by atoms with van der Waals surface area (Å²) < 4.78 is 27.1. The highest BCUT2D eigenvalue weighted by atomic mass is 19.1. The van der Waals surface area contributed by atoms with Crippen LogP contribution in [0.25, 0.3) is 0 Å². The van der Waals surface area contributed by atoms with E-state index in [1.807, 2.05) is 6.92 Å². The number of hydrogen-bond acceptors (Lipinski definition) is 3. The summed E-state index contributed by atoms with van der Waals surface area (Å²) >= 11 is 0. The Morgan fingerprint density at radius 2 is 2.00 bits per heavy atom. The van der Waals surface area contributed by atoms with Gasteiger partial charge >= 0.3 is 0 Å². The van der Waals surface area contributed by atoms with Crippen LogP contribution < -0.4 is 10.6 Å². The SMILES string of the molecule is CCNc1ccc(C(=O)Nc2cc(F)c(C)cc2F)nc1. The van der Waals surface area contributed by atoms with Gasteiger partial charge in [-0.1, -0.05) is 0 Å². The van der Waals surface area contributed by atoms with Gasteiger partial charge in [0.25, 0.3) is 5.91 Å². The number of halogens is 2. The highest BCUT2D eigenvalue weighted by molar-refractivity contribution is 6.03. The standard InChI is InChI=1S/C15H15F2N3O/c1-3-18-10-4-5-13(19-8-10)15(21)20-14-7-11(16)9(2)6-12(14)17/h4-8,18H,3H2,1-2H3,(H,20,21). The van der Waals surface area contributed by atoms with E-state index in [1.54, 1.807) is 6.07 Å². The van der Waals surface area contributed by atoms with Crippen molar-refractivity contribution >= 4 is 17.3 Å². The van der Waals surface area contributed by atoms with Crippen LogP contribution in [0, 0.1) is 18.6 Å². The Hall–Kier alpha value is -2.50. The molecule has 0 saturated carbocycles. The van der Waals surface area contributed by atoms with Crippen molar-refractivity contribution < 1.29 is 13.6 Å². The van der Waals surface area contributed by atoms with Gasteiger partial charge in [-0.05, 0) is 37.6 Å². The van der Waals surface area contributed by atoms with Crippen LogP contribution in [-0.2, 0) is 0 Å². The smallest absolute Gasteiger partial charge is 0.274 e. The van der Waals surface area contributed by atoms with Crippen molar-refractivity contribution in [1.82, 2.24) is 4.98 Å². The van der Waals surface area contributed by atoms with Crippen LogP contribution in [-0.4, -0.2) is 17.4 Å². The fourth-order valence-corrected chi connectivity index (χ4v) is 1.77. The lowest BCUT2D eigenvalue weighted by Gasteiger charge is -2.08. The molecule has 0 aliphatic heterocycles. The molecule has 0 aliphatic carbocycles. The summed E-state index contributed by atoms with van der Waals surface area (Å²) in [5.41, 5.74) is 0.873. The maximum absolute atomic E-state index is 13.7. The van der Waals surface area contributed by atoms with E-state index in [0.29, 0.717) is 0 Å². The second-order valence-corrected chi connectivity index (χ2v) is 4.50. The van der Waals surface area contributed by atoms with Crippen molar-refractivity contribution in [2.45, 2.75) is 13.8 Å². The second-order valence-electron chi connectivity index (χ2n) is 4.50. The van der Waals surface area contributed by atoms with Gasteiger partial charge in [-0.25, -0.2) is 13.8 Å². The van der Waals surface area contributed by atoms with E-state index < -0.39 is 17.5 Å². The summed E-state index contributed by atoms with van der Waals surface area (Å²) in [6, 6.07) is 5.19. The zero-order valence-electron chi connectivity index (χ0n) is 11.7. The molecule has 0 saturated heterocycles. The molecule has 1 heterocycles. The third-order valence-corrected chi connectivity index (χ3v) is 2.87. The first-order valence-electron chi connectivity index (χ1n) is 6.48. The van der Waals surface area contributed by atoms with Gasteiger partial charge in [0.15, 0.2) is 0 Å². The number of benzene rings is 1. The number of carbonyl (C=O) groups is 1. The molecule has 0 spiro atoms. The monoisotopic (exact) mass is 291 g/mol. The molecule has 2 aromatic rings. The number of pyridine rings is 1. The van der Waals surface area contributed by atoms with Gasteiger partial charge in [0.2, 0.25) is 0 Å². The number of nitrogens with one attached hydrogen (secondary N) is 2. The molecule has 6 heteroatoms. The first-order chi connectivity index (χ1) is 10.0. The fourth-order valence-electron chi connectivity index (χ4n) is 1.77. The summed E-state index contributed by atoms with van der Waals surface area (Å²) in [5, 5.41) is 5.35. The molecule has 2 N–H and O–H groups in total. The van der Waals surface area contributed by atoms with Gasteiger partial charge in [-0.3, -0.25) is 4.79 Å². The Labute approximate surface area is 121 Å². The number of aryl methyl sites for hydroxylation is 1. The highest BCUT2D eigenvalue weighted by Crippen LogP contribution is 2.19. The summed E-state index contributed by atoms with van der Waals surface area (Å²) in [7, 11) is 0. The number of anilines is 2.